The van der Waals surface area contributed by atoms with Crippen LogP contribution in [0.25, 0.3) is 0 Å². The molecule has 7 nitrogen and oxygen atoms in total. The van der Waals surface area contributed by atoms with Crippen molar-refractivity contribution in [3.05, 3.63) is 0 Å². The summed E-state index contributed by atoms with van der Waals surface area (Å²) in [6.45, 7) is 3.27. The van der Waals surface area contributed by atoms with Crippen molar-refractivity contribution < 1.29 is 19.1 Å². The number of ether oxygens (including phenoxy) is 1. The summed E-state index contributed by atoms with van der Waals surface area (Å²) in [4.78, 5) is 36.4. The van der Waals surface area contributed by atoms with E-state index in [4.69, 9.17) is 10.5 Å². The van der Waals surface area contributed by atoms with E-state index in [1.807, 2.05) is 0 Å². The topological polar surface area (TPSA) is 102 Å². The summed E-state index contributed by atoms with van der Waals surface area (Å²) in [5, 5.41) is 2.21. The first kappa shape index (κ1) is 14.6. The van der Waals surface area contributed by atoms with Gasteiger partial charge >= 0.3 is 0 Å². The molecule has 0 bridgehead atoms. The normalized spacial score (nSPS) is 20.6. The Morgan fingerprint density at radius 2 is 2.17 bits per heavy atom. The van der Waals surface area contributed by atoms with Crippen molar-refractivity contribution >= 4 is 17.7 Å². The molecule has 0 radical (unpaired) electrons. The van der Waals surface area contributed by atoms with Crippen LogP contribution in [-0.2, 0) is 19.1 Å². The molecule has 1 atom stereocenters. The highest BCUT2D eigenvalue weighted by Crippen LogP contribution is 2.19. The maximum absolute atomic E-state index is 12.1. The van der Waals surface area contributed by atoms with Gasteiger partial charge in [0.1, 0.15) is 12.1 Å². The molecule has 3 N–H and O–H groups in total. The molecule has 18 heavy (non-hydrogen) atoms. The number of amides is 3. The standard InChI is InChI=1S/C11H19N3O4/c1-11(2)10(17)13-8(15)6-14(11)9(16)4-7(5-12)18-3/h7H,4-6,12H2,1-3H3,(H,13,15,17). The Morgan fingerprint density at radius 1 is 1.56 bits per heavy atom. The van der Waals surface area contributed by atoms with Crippen molar-refractivity contribution in [1.29, 1.82) is 0 Å². The number of methoxy groups -OCH3 is 1. The van der Waals surface area contributed by atoms with Crippen LogP contribution in [0.4, 0.5) is 0 Å². The molecule has 0 spiro atoms. The fraction of sp³-hybridized carbons (Fsp3) is 0.727. The van der Waals surface area contributed by atoms with Crippen molar-refractivity contribution in [2.75, 3.05) is 20.2 Å². The molecule has 3 amide bonds. The smallest absolute Gasteiger partial charge is 0.252 e. The van der Waals surface area contributed by atoms with E-state index in [9.17, 15) is 14.4 Å². The van der Waals surface area contributed by atoms with Crippen molar-refractivity contribution in [1.82, 2.24) is 10.2 Å². The van der Waals surface area contributed by atoms with E-state index in [1.54, 1.807) is 13.8 Å². The van der Waals surface area contributed by atoms with Gasteiger partial charge in [-0.1, -0.05) is 0 Å². The number of piperazine rings is 1. The van der Waals surface area contributed by atoms with Crippen molar-refractivity contribution in [2.45, 2.75) is 31.9 Å². The Hall–Kier alpha value is -1.47. The van der Waals surface area contributed by atoms with Gasteiger partial charge < -0.3 is 15.4 Å². The number of hydrogen-bond acceptors (Lipinski definition) is 5. The number of rotatable bonds is 4. The molecule has 102 valence electrons. The Morgan fingerprint density at radius 3 is 2.67 bits per heavy atom. The Kier molecular flexibility index (Phi) is 4.42. The predicted octanol–water partition coefficient (Wildman–Crippen LogP) is -1.39. The zero-order valence-electron chi connectivity index (χ0n) is 10.9. The number of nitrogens with two attached hydrogens (primary N) is 1. The first-order valence-corrected chi connectivity index (χ1v) is 5.70. The Labute approximate surface area is 106 Å². The average molecular weight is 257 g/mol. The fourth-order valence-corrected chi connectivity index (χ4v) is 1.75. The van der Waals surface area contributed by atoms with Crippen LogP contribution in [0.2, 0.25) is 0 Å². The van der Waals surface area contributed by atoms with Crippen LogP contribution in [0.1, 0.15) is 20.3 Å². The summed E-state index contributed by atoms with van der Waals surface area (Å²) in [6, 6.07) is 0. The van der Waals surface area contributed by atoms with E-state index in [0.29, 0.717) is 0 Å². The van der Waals surface area contributed by atoms with Crippen LogP contribution in [0.5, 0.6) is 0 Å². The van der Waals surface area contributed by atoms with Gasteiger partial charge in [-0.05, 0) is 13.8 Å². The van der Waals surface area contributed by atoms with Crippen LogP contribution in [-0.4, -0.2) is 54.5 Å². The van der Waals surface area contributed by atoms with E-state index in [-0.39, 0.29) is 25.4 Å². The SMILES string of the molecule is COC(CN)CC(=O)N1CC(=O)NC(=O)C1(C)C. The van der Waals surface area contributed by atoms with Gasteiger partial charge in [-0.25, -0.2) is 0 Å². The molecule has 0 aromatic heterocycles. The van der Waals surface area contributed by atoms with E-state index in [2.05, 4.69) is 5.32 Å². The van der Waals surface area contributed by atoms with Gasteiger partial charge in [0.25, 0.3) is 5.91 Å². The maximum atomic E-state index is 12.1. The maximum Gasteiger partial charge on any atom is 0.252 e. The highest BCUT2D eigenvalue weighted by molar-refractivity contribution is 6.06. The van der Waals surface area contributed by atoms with Crippen LogP contribution < -0.4 is 11.1 Å². The number of carbonyl (C=O) groups is 3. The zero-order valence-corrected chi connectivity index (χ0v) is 10.9. The third-order valence-corrected chi connectivity index (χ3v) is 3.08. The second-order valence-corrected chi connectivity index (χ2v) is 4.71. The van der Waals surface area contributed by atoms with Crippen LogP contribution in [0.15, 0.2) is 0 Å². The lowest BCUT2D eigenvalue weighted by molar-refractivity contribution is -0.156. The summed E-state index contributed by atoms with van der Waals surface area (Å²) in [7, 11) is 1.46. The number of imide groups is 1. The lowest BCUT2D eigenvalue weighted by Gasteiger charge is -2.40. The number of carbonyl (C=O) groups excluding carboxylic acids is 3. The number of nitrogens with one attached hydrogen (secondary N) is 1. The summed E-state index contributed by atoms with van der Waals surface area (Å²) >= 11 is 0. The molecule has 1 fully saturated rings. The fourth-order valence-electron chi connectivity index (χ4n) is 1.75. The van der Waals surface area contributed by atoms with E-state index >= 15 is 0 Å². The van der Waals surface area contributed by atoms with E-state index in [1.165, 1.54) is 12.0 Å². The van der Waals surface area contributed by atoms with Crippen LogP contribution >= 0.6 is 0 Å². The summed E-state index contributed by atoms with van der Waals surface area (Å²) in [5.41, 5.74) is 4.40. The van der Waals surface area contributed by atoms with Gasteiger partial charge in [-0.15, -0.1) is 0 Å². The minimum Gasteiger partial charge on any atom is -0.380 e. The first-order valence-electron chi connectivity index (χ1n) is 5.70. The molecule has 1 aliphatic heterocycles. The first-order chi connectivity index (χ1) is 8.32. The second-order valence-electron chi connectivity index (χ2n) is 4.71. The summed E-state index contributed by atoms with van der Waals surface area (Å²) < 4.78 is 5.02. The third kappa shape index (κ3) is 2.85. The van der Waals surface area contributed by atoms with Gasteiger partial charge in [-0.3, -0.25) is 19.7 Å². The van der Waals surface area contributed by atoms with Crippen LogP contribution in [0, 0.1) is 0 Å². The zero-order chi connectivity index (χ0) is 13.9. The minimum atomic E-state index is -1.04. The molecule has 1 unspecified atom stereocenters. The average Bonchev–Trinajstić information content (AvgIpc) is 2.30. The predicted molar refractivity (Wildman–Crippen MR) is 63.4 cm³/mol. The molecule has 1 rings (SSSR count). The summed E-state index contributed by atoms with van der Waals surface area (Å²) in [6.07, 6.45) is -0.356. The number of hydrogen-bond donors (Lipinski definition) is 2. The lowest BCUT2D eigenvalue weighted by atomic mass is 9.97. The highest BCUT2D eigenvalue weighted by Gasteiger charge is 2.43. The van der Waals surface area contributed by atoms with Crippen LogP contribution in [0.3, 0.4) is 0 Å². The molecular weight excluding hydrogens is 238 g/mol. The quantitative estimate of drug-likeness (QED) is 0.604. The third-order valence-electron chi connectivity index (χ3n) is 3.08. The molecule has 1 saturated heterocycles. The Bertz CT molecular complexity index is 363. The van der Waals surface area contributed by atoms with Crippen molar-refractivity contribution in [2.24, 2.45) is 5.73 Å². The molecule has 0 aliphatic carbocycles. The summed E-state index contributed by atoms with van der Waals surface area (Å²) in [5.74, 6) is -1.27. The lowest BCUT2D eigenvalue weighted by Crippen LogP contribution is -2.65. The number of nitrogens with zero attached hydrogens (tertiary/aromatic N) is 1. The van der Waals surface area contributed by atoms with Gasteiger partial charge in [0.15, 0.2) is 0 Å². The van der Waals surface area contributed by atoms with Crippen molar-refractivity contribution in [3.63, 3.8) is 0 Å². The van der Waals surface area contributed by atoms with Gasteiger partial charge in [-0.2, -0.15) is 0 Å². The molecule has 7 heteroatoms. The van der Waals surface area contributed by atoms with E-state index in [0.717, 1.165) is 0 Å². The Balaban J connectivity index is 2.82. The largest absolute Gasteiger partial charge is 0.380 e. The van der Waals surface area contributed by atoms with Crippen molar-refractivity contribution in [3.8, 4) is 0 Å². The molecule has 1 aliphatic rings. The molecule has 0 aromatic carbocycles. The molecule has 1 heterocycles. The van der Waals surface area contributed by atoms with E-state index < -0.39 is 23.5 Å². The molecule has 0 saturated carbocycles. The molecular formula is C11H19N3O4. The highest BCUT2D eigenvalue weighted by atomic mass is 16.5. The molecule has 0 aromatic rings. The van der Waals surface area contributed by atoms with Gasteiger partial charge in [0, 0.05) is 13.7 Å². The van der Waals surface area contributed by atoms with Gasteiger partial charge in [0.2, 0.25) is 11.8 Å². The second kappa shape index (κ2) is 5.45. The van der Waals surface area contributed by atoms with Gasteiger partial charge in [0.05, 0.1) is 12.5 Å². The minimum absolute atomic E-state index is 0.0526. The monoisotopic (exact) mass is 257 g/mol.